The lowest BCUT2D eigenvalue weighted by Gasteiger charge is -1.98. The molecule has 0 N–H and O–H groups in total. The quantitative estimate of drug-likeness (QED) is 0.373. The Labute approximate surface area is 78.7 Å². The molecule has 0 radical (unpaired) electrons. The van der Waals surface area contributed by atoms with E-state index < -0.39 is 0 Å². The summed E-state index contributed by atoms with van der Waals surface area (Å²) in [5, 5.41) is 0. The van der Waals surface area contributed by atoms with Gasteiger partial charge in [-0.05, 0) is 39.2 Å². The molecule has 0 aromatic rings. The van der Waals surface area contributed by atoms with E-state index in [-0.39, 0.29) is 5.60 Å². The van der Waals surface area contributed by atoms with Crippen molar-refractivity contribution in [3.63, 3.8) is 0 Å². The van der Waals surface area contributed by atoms with Crippen LogP contribution in [0.1, 0.15) is 33.6 Å². The van der Waals surface area contributed by atoms with Crippen LogP contribution in [0.25, 0.3) is 0 Å². The molecular weight excluding hydrogens is 168 g/mol. The monoisotopic (exact) mass is 184 g/mol. The largest absolute Gasteiger partial charge is 0.437 e. The zero-order valence-corrected chi connectivity index (χ0v) is 8.37. The van der Waals surface area contributed by atoms with Gasteiger partial charge in [0, 0.05) is 0 Å². The molecule has 1 aliphatic rings. The second-order valence-electron chi connectivity index (χ2n) is 3.95. The first-order chi connectivity index (χ1) is 6.06. The van der Waals surface area contributed by atoms with Crippen LogP contribution < -0.4 is 0 Å². The number of epoxide rings is 1. The van der Waals surface area contributed by atoms with E-state index in [4.69, 9.17) is 4.74 Å². The average Bonchev–Trinajstić information content (AvgIpc) is 2.67. The van der Waals surface area contributed by atoms with Crippen LogP contribution in [0, 0.1) is 0 Å². The van der Waals surface area contributed by atoms with Gasteiger partial charge >= 0.3 is 0 Å². The molecule has 1 heterocycles. The molecule has 0 spiro atoms. The normalized spacial score (nSPS) is 25.5. The molecular formula is C10H16O3. The molecule has 1 unspecified atom stereocenters. The third kappa shape index (κ3) is 3.19. The van der Waals surface area contributed by atoms with Crippen LogP contribution in [0.3, 0.4) is 0 Å². The minimum absolute atomic E-state index is 0.0613. The average molecular weight is 184 g/mol. The third-order valence-electron chi connectivity index (χ3n) is 2.29. The maximum absolute atomic E-state index is 9.87. The molecule has 3 heteroatoms. The van der Waals surface area contributed by atoms with Crippen LogP contribution in [0.15, 0.2) is 11.8 Å². The maximum atomic E-state index is 9.87. The number of carbonyl (C=O) groups is 1. The second kappa shape index (κ2) is 3.92. The van der Waals surface area contributed by atoms with Crippen molar-refractivity contribution in [1.82, 2.24) is 0 Å². The van der Waals surface area contributed by atoms with E-state index in [2.05, 4.69) is 18.6 Å². The Bertz CT molecular complexity index is 218. The molecule has 0 aromatic heterocycles. The van der Waals surface area contributed by atoms with Gasteiger partial charge in [-0.25, -0.2) is 0 Å². The van der Waals surface area contributed by atoms with Crippen LogP contribution in [0.5, 0.6) is 0 Å². The predicted molar refractivity (Wildman–Crippen MR) is 49.1 cm³/mol. The number of ether oxygens (including phenoxy) is 2. The van der Waals surface area contributed by atoms with Crippen LogP contribution in [0.2, 0.25) is 0 Å². The van der Waals surface area contributed by atoms with Crippen molar-refractivity contribution in [3.8, 4) is 0 Å². The van der Waals surface area contributed by atoms with Gasteiger partial charge in [0.25, 0.3) is 6.47 Å². The first-order valence-electron chi connectivity index (χ1n) is 4.49. The first-order valence-corrected chi connectivity index (χ1v) is 4.49. The van der Waals surface area contributed by atoms with E-state index in [0.29, 0.717) is 12.6 Å². The van der Waals surface area contributed by atoms with Gasteiger partial charge in [-0.15, -0.1) is 0 Å². The highest BCUT2D eigenvalue weighted by Gasteiger charge is 2.46. The summed E-state index contributed by atoms with van der Waals surface area (Å²) in [6.07, 6.45) is 3.77. The Kier molecular flexibility index (Phi) is 3.09. The summed E-state index contributed by atoms with van der Waals surface area (Å²) in [6.45, 7) is 6.54. The van der Waals surface area contributed by atoms with Crippen molar-refractivity contribution in [2.45, 2.75) is 45.3 Å². The fraction of sp³-hybridized carbons (Fsp3) is 0.700. The number of allylic oxidation sites excluding steroid dienone is 1. The number of hydrogen-bond acceptors (Lipinski definition) is 3. The highest BCUT2D eigenvalue weighted by atomic mass is 16.6. The fourth-order valence-corrected chi connectivity index (χ4v) is 1.30. The van der Waals surface area contributed by atoms with Gasteiger partial charge in [0.15, 0.2) is 0 Å². The standard InChI is InChI=1S/C10H16O3/c1-8(6-12-7-11)4-5-9-10(2,3)13-9/h6-7,9H,4-5H2,1-3H3/b8-6+. The fourth-order valence-electron chi connectivity index (χ4n) is 1.30. The van der Waals surface area contributed by atoms with Gasteiger partial charge in [0.05, 0.1) is 18.0 Å². The molecule has 74 valence electrons. The topological polar surface area (TPSA) is 38.8 Å². The van der Waals surface area contributed by atoms with Crippen molar-refractivity contribution >= 4 is 6.47 Å². The lowest BCUT2D eigenvalue weighted by Crippen LogP contribution is -2.02. The third-order valence-corrected chi connectivity index (χ3v) is 2.29. The first kappa shape index (κ1) is 10.3. The maximum Gasteiger partial charge on any atom is 0.297 e. The predicted octanol–water partition coefficient (Wildman–Crippen LogP) is 2.02. The van der Waals surface area contributed by atoms with Crippen LogP contribution in [-0.4, -0.2) is 18.2 Å². The number of rotatable bonds is 5. The molecule has 0 aromatic carbocycles. The molecule has 1 atom stereocenters. The Hall–Kier alpha value is -0.830. The highest BCUT2D eigenvalue weighted by Crippen LogP contribution is 2.38. The van der Waals surface area contributed by atoms with Gasteiger partial charge in [0.1, 0.15) is 0 Å². The summed E-state index contributed by atoms with van der Waals surface area (Å²) in [7, 11) is 0. The minimum atomic E-state index is 0.0613. The molecule has 0 aliphatic carbocycles. The Morgan fingerprint density at radius 1 is 1.62 bits per heavy atom. The zero-order valence-electron chi connectivity index (χ0n) is 8.37. The van der Waals surface area contributed by atoms with Gasteiger partial charge in [-0.1, -0.05) is 0 Å². The number of hydrogen-bond donors (Lipinski definition) is 0. The molecule has 1 rings (SSSR count). The van der Waals surface area contributed by atoms with Crippen molar-refractivity contribution in [2.75, 3.05) is 0 Å². The van der Waals surface area contributed by atoms with E-state index >= 15 is 0 Å². The minimum Gasteiger partial charge on any atom is -0.437 e. The summed E-state index contributed by atoms with van der Waals surface area (Å²) >= 11 is 0. The van der Waals surface area contributed by atoms with Gasteiger partial charge < -0.3 is 9.47 Å². The van der Waals surface area contributed by atoms with E-state index in [9.17, 15) is 4.79 Å². The zero-order chi connectivity index (χ0) is 9.90. The van der Waals surface area contributed by atoms with E-state index in [1.165, 1.54) is 6.26 Å². The van der Waals surface area contributed by atoms with E-state index in [0.717, 1.165) is 18.4 Å². The van der Waals surface area contributed by atoms with Gasteiger partial charge in [0.2, 0.25) is 0 Å². The van der Waals surface area contributed by atoms with E-state index in [1.807, 2.05) is 6.92 Å². The van der Waals surface area contributed by atoms with Crippen molar-refractivity contribution in [2.24, 2.45) is 0 Å². The number of carbonyl (C=O) groups excluding carboxylic acids is 1. The van der Waals surface area contributed by atoms with Crippen LogP contribution in [-0.2, 0) is 14.3 Å². The van der Waals surface area contributed by atoms with Crippen LogP contribution in [0.4, 0.5) is 0 Å². The molecule has 0 amide bonds. The molecule has 1 aliphatic heterocycles. The molecule has 3 nitrogen and oxygen atoms in total. The molecule has 1 saturated heterocycles. The van der Waals surface area contributed by atoms with Crippen molar-refractivity contribution in [1.29, 1.82) is 0 Å². The Balaban J connectivity index is 2.16. The highest BCUT2D eigenvalue weighted by molar-refractivity contribution is 5.38. The molecule has 1 fully saturated rings. The van der Waals surface area contributed by atoms with Crippen molar-refractivity contribution < 1.29 is 14.3 Å². The summed E-state index contributed by atoms with van der Waals surface area (Å²) in [4.78, 5) is 9.87. The lowest BCUT2D eigenvalue weighted by molar-refractivity contribution is -0.123. The summed E-state index contributed by atoms with van der Waals surface area (Å²) in [6, 6.07) is 0. The van der Waals surface area contributed by atoms with Crippen LogP contribution >= 0.6 is 0 Å². The second-order valence-corrected chi connectivity index (χ2v) is 3.95. The Morgan fingerprint density at radius 3 is 2.69 bits per heavy atom. The Morgan fingerprint density at radius 2 is 2.23 bits per heavy atom. The molecule has 0 bridgehead atoms. The summed E-state index contributed by atoms with van der Waals surface area (Å²) in [5.74, 6) is 0. The lowest BCUT2D eigenvalue weighted by atomic mass is 10.0. The molecule has 0 saturated carbocycles. The molecule has 13 heavy (non-hydrogen) atoms. The van der Waals surface area contributed by atoms with Gasteiger partial charge in [-0.3, -0.25) is 4.79 Å². The summed E-state index contributed by atoms with van der Waals surface area (Å²) in [5.41, 5.74) is 1.13. The van der Waals surface area contributed by atoms with E-state index in [1.54, 1.807) is 0 Å². The van der Waals surface area contributed by atoms with Gasteiger partial charge in [-0.2, -0.15) is 0 Å². The smallest absolute Gasteiger partial charge is 0.297 e. The SMILES string of the molecule is C/C(=C\OC=O)CCC1OC1(C)C. The van der Waals surface area contributed by atoms with Crippen molar-refractivity contribution in [3.05, 3.63) is 11.8 Å². The summed E-state index contributed by atoms with van der Waals surface area (Å²) < 4.78 is 9.94.